The number of rotatable bonds is 8. The smallest absolute Gasteiger partial charge is 0.165 e. The minimum atomic E-state index is -0.485. The first-order valence-corrected chi connectivity index (χ1v) is 7.18. The van der Waals surface area contributed by atoms with Crippen LogP contribution in [0.25, 0.3) is 0 Å². The van der Waals surface area contributed by atoms with Gasteiger partial charge in [-0.2, -0.15) is 5.10 Å². The Bertz CT molecular complexity index is 572. The van der Waals surface area contributed by atoms with Crippen LogP contribution in [0, 0.1) is 0 Å². The quantitative estimate of drug-likeness (QED) is 0.799. The van der Waals surface area contributed by atoms with Gasteiger partial charge < -0.3 is 14.6 Å². The molecular formula is C16H23N3O3. The van der Waals surface area contributed by atoms with Crippen molar-refractivity contribution in [2.24, 2.45) is 0 Å². The molecule has 2 aromatic rings. The van der Waals surface area contributed by atoms with Crippen molar-refractivity contribution in [3.05, 3.63) is 42.2 Å². The fourth-order valence-electron chi connectivity index (χ4n) is 2.48. The van der Waals surface area contributed by atoms with E-state index in [1.807, 2.05) is 42.4 Å². The number of aliphatic hydroxyl groups excluding tert-OH is 1. The standard InChI is InChI=1S/C16H23N3O3/c1-18(11-14(20)12-19-9-5-8-17-19)10-13-6-4-7-15(21-2)16(13)22-3/h4-9,14,20H,10-12H2,1-3H3/t14-/m1/s1. The first-order valence-electron chi connectivity index (χ1n) is 7.18. The average molecular weight is 305 g/mol. The molecule has 22 heavy (non-hydrogen) atoms. The van der Waals surface area contributed by atoms with Crippen LogP contribution in [0.1, 0.15) is 5.56 Å². The molecule has 2 rings (SSSR count). The van der Waals surface area contributed by atoms with Crippen LogP contribution in [0.15, 0.2) is 36.7 Å². The number of hydrogen-bond donors (Lipinski definition) is 1. The molecule has 0 saturated heterocycles. The largest absolute Gasteiger partial charge is 0.493 e. The minimum Gasteiger partial charge on any atom is -0.493 e. The summed E-state index contributed by atoms with van der Waals surface area (Å²) in [6, 6.07) is 7.65. The van der Waals surface area contributed by atoms with Crippen molar-refractivity contribution in [1.29, 1.82) is 0 Å². The van der Waals surface area contributed by atoms with Crippen molar-refractivity contribution in [2.45, 2.75) is 19.2 Å². The van der Waals surface area contributed by atoms with Crippen LogP contribution >= 0.6 is 0 Å². The predicted octanol–water partition coefficient (Wildman–Crippen LogP) is 1.39. The van der Waals surface area contributed by atoms with Gasteiger partial charge in [0.2, 0.25) is 0 Å². The van der Waals surface area contributed by atoms with Crippen LogP contribution in [0.4, 0.5) is 0 Å². The van der Waals surface area contributed by atoms with Crippen molar-refractivity contribution < 1.29 is 14.6 Å². The number of methoxy groups -OCH3 is 2. The third kappa shape index (κ3) is 4.22. The first-order chi connectivity index (χ1) is 10.6. The molecule has 1 heterocycles. The molecule has 0 amide bonds. The van der Waals surface area contributed by atoms with Crippen molar-refractivity contribution in [3.63, 3.8) is 0 Å². The van der Waals surface area contributed by atoms with Crippen LogP contribution < -0.4 is 9.47 Å². The van der Waals surface area contributed by atoms with E-state index >= 15 is 0 Å². The number of aromatic nitrogens is 2. The van der Waals surface area contributed by atoms with Gasteiger partial charge in [0.15, 0.2) is 11.5 Å². The first kappa shape index (κ1) is 16.3. The van der Waals surface area contributed by atoms with Crippen molar-refractivity contribution in [1.82, 2.24) is 14.7 Å². The molecule has 0 saturated carbocycles. The molecule has 0 unspecified atom stereocenters. The normalized spacial score (nSPS) is 12.4. The number of nitrogens with zero attached hydrogens (tertiary/aromatic N) is 3. The molecule has 1 aromatic carbocycles. The molecule has 0 bridgehead atoms. The summed E-state index contributed by atoms with van der Waals surface area (Å²) in [7, 11) is 5.22. The fraction of sp³-hybridized carbons (Fsp3) is 0.438. The van der Waals surface area contributed by atoms with Crippen LogP contribution in [0.3, 0.4) is 0 Å². The van der Waals surface area contributed by atoms with E-state index in [9.17, 15) is 5.11 Å². The number of aliphatic hydroxyl groups is 1. The number of benzene rings is 1. The van der Waals surface area contributed by atoms with E-state index in [1.54, 1.807) is 25.1 Å². The van der Waals surface area contributed by atoms with E-state index in [4.69, 9.17) is 9.47 Å². The molecule has 120 valence electrons. The third-order valence-electron chi connectivity index (χ3n) is 3.40. The van der Waals surface area contributed by atoms with Gasteiger partial charge in [-0.25, -0.2) is 0 Å². The third-order valence-corrected chi connectivity index (χ3v) is 3.40. The number of likely N-dealkylation sites (N-methyl/N-ethyl adjacent to an activating group) is 1. The van der Waals surface area contributed by atoms with E-state index in [0.29, 0.717) is 25.4 Å². The maximum atomic E-state index is 10.1. The Balaban J connectivity index is 1.95. The van der Waals surface area contributed by atoms with E-state index < -0.39 is 6.10 Å². The van der Waals surface area contributed by atoms with E-state index in [0.717, 1.165) is 11.3 Å². The lowest BCUT2D eigenvalue weighted by molar-refractivity contribution is 0.103. The Morgan fingerprint density at radius 2 is 2.09 bits per heavy atom. The molecule has 0 aliphatic rings. The molecule has 0 spiro atoms. The van der Waals surface area contributed by atoms with Gasteiger partial charge in [0, 0.05) is 31.0 Å². The van der Waals surface area contributed by atoms with Crippen LogP contribution in [0.2, 0.25) is 0 Å². The van der Waals surface area contributed by atoms with Crippen LogP contribution in [-0.2, 0) is 13.1 Å². The van der Waals surface area contributed by atoms with E-state index in [1.165, 1.54) is 0 Å². The fourth-order valence-corrected chi connectivity index (χ4v) is 2.48. The molecule has 6 nitrogen and oxygen atoms in total. The van der Waals surface area contributed by atoms with Gasteiger partial charge in [-0.05, 0) is 19.2 Å². The van der Waals surface area contributed by atoms with Crippen molar-refractivity contribution >= 4 is 0 Å². The zero-order chi connectivity index (χ0) is 15.9. The second kappa shape index (κ2) is 7.82. The number of hydrogen-bond acceptors (Lipinski definition) is 5. The summed E-state index contributed by atoms with van der Waals surface area (Å²) in [5.74, 6) is 1.45. The van der Waals surface area contributed by atoms with E-state index in [2.05, 4.69) is 5.10 Å². The maximum Gasteiger partial charge on any atom is 0.165 e. The maximum absolute atomic E-state index is 10.1. The summed E-state index contributed by atoms with van der Waals surface area (Å²) in [5.41, 5.74) is 1.02. The Hall–Kier alpha value is -2.05. The Morgan fingerprint density at radius 3 is 2.73 bits per heavy atom. The molecule has 1 N–H and O–H groups in total. The van der Waals surface area contributed by atoms with Gasteiger partial charge >= 0.3 is 0 Å². The zero-order valence-electron chi connectivity index (χ0n) is 13.3. The molecule has 0 aliphatic carbocycles. The van der Waals surface area contributed by atoms with Crippen molar-refractivity contribution in [3.8, 4) is 11.5 Å². The highest BCUT2D eigenvalue weighted by molar-refractivity contribution is 5.46. The lowest BCUT2D eigenvalue weighted by Crippen LogP contribution is -2.32. The van der Waals surface area contributed by atoms with Crippen LogP contribution in [-0.4, -0.2) is 53.7 Å². The lowest BCUT2D eigenvalue weighted by atomic mass is 10.1. The monoisotopic (exact) mass is 305 g/mol. The van der Waals surface area contributed by atoms with Gasteiger partial charge in [0.1, 0.15) is 0 Å². The van der Waals surface area contributed by atoms with E-state index in [-0.39, 0.29) is 0 Å². The van der Waals surface area contributed by atoms with Gasteiger partial charge in [-0.15, -0.1) is 0 Å². The Labute approximate surface area is 130 Å². The summed E-state index contributed by atoms with van der Waals surface area (Å²) in [4.78, 5) is 2.05. The highest BCUT2D eigenvalue weighted by Crippen LogP contribution is 2.31. The predicted molar refractivity (Wildman–Crippen MR) is 84.1 cm³/mol. The molecule has 0 aliphatic heterocycles. The summed E-state index contributed by atoms with van der Waals surface area (Å²) in [5, 5.41) is 14.2. The molecular weight excluding hydrogens is 282 g/mol. The summed E-state index contributed by atoms with van der Waals surface area (Å²) < 4.78 is 12.5. The van der Waals surface area contributed by atoms with Crippen LogP contribution in [0.5, 0.6) is 11.5 Å². The highest BCUT2D eigenvalue weighted by Gasteiger charge is 2.14. The summed E-state index contributed by atoms with van der Waals surface area (Å²) in [6.45, 7) is 1.68. The lowest BCUT2D eigenvalue weighted by Gasteiger charge is -2.22. The topological polar surface area (TPSA) is 59.8 Å². The van der Waals surface area contributed by atoms with Gasteiger partial charge in [0.05, 0.1) is 26.9 Å². The second-order valence-electron chi connectivity index (χ2n) is 5.23. The van der Waals surface area contributed by atoms with Gasteiger partial charge in [0.25, 0.3) is 0 Å². The molecule has 1 aromatic heterocycles. The minimum absolute atomic E-state index is 0.479. The summed E-state index contributed by atoms with van der Waals surface area (Å²) in [6.07, 6.45) is 3.06. The average Bonchev–Trinajstić information content (AvgIpc) is 2.99. The SMILES string of the molecule is COc1cccc(CN(C)C[C@@H](O)Cn2cccn2)c1OC. The Morgan fingerprint density at radius 1 is 1.27 bits per heavy atom. The van der Waals surface area contributed by atoms with Gasteiger partial charge in [-0.1, -0.05) is 12.1 Å². The van der Waals surface area contributed by atoms with Crippen molar-refractivity contribution in [2.75, 3.05) is 27.8 Å². The molecule has 1 atom stereocenters. The zero-order valence-corrected chi connectivity index (χ0v) is 13.3. The molecule has 0 fully saturated rings. The number of ether oxygens (including phenoxy) is 2. The highest BCUT2D eigenvalue weighted by atomic mass is 16.5. The molecule has 6 heteroatoms. The molecule has 0 radical (unpaired) electrons. The second-order valence-corrected chi connectivity index (χ2v) is 5.23. The van der Waals surface area contributed by atoms with Gasteiger partial charge in [-0.3, -0.25) is 9.58 Å². The number of para-hydroxylation sites is 1. The Kier molecular flexibility index (Phi) is 5.80. The summed E-state index contributed by atoms with van der Waals surface area (Å²) >= 11 is 0.